The molecule has 0 spiro atoms. The van der Waals surface area contributed by atoms with E-state index in [0.29, 0.717) is 12.5 Å². The molecule has 3 atom stereocenters. The number of sulfonamides is 1. The van der Waals surface area contributed by atoms with Crippen molar-refractivity contribution >= 4 is 20.2 Å². The zero-order valence-corrected chi connectivity index (χ0v) is 19.5. The Morgan fingerprint density at radius 3 is 2.77 bits per heavy atom. The summed E-state index contributed by atoms with van der Waals surface area (Å²) >= 11 is 0. The van der Waals surface area contributed by atoms with Gasteiger partial charge in [-0.15, -0.1) is 0 Å². The first kappa shape index (κ1) is 22.9. The Hall–Kier alpha value is -1.24. The molecule has 2 fully saturated rings. The molecule has 0 amide bonds. The van der Waals surface area contributed by atoms with Crippen LogP contribution >= 0.6 is 0 Å². The van der Waals surface area contributed by atoms with Crippen LogP contribution in [-0.4, -0.2) is 71.1 Å². The quantitative estimate of drug-likeness (QED) is 0.560. The van der Waals surface area contributed by atoms with E-state index in [0.717, 1.165) is 44.5 Å². The average Bonchev–Trinajstić information content (AvgIpc) is 2.73. The van der Waals surface area contributed by atoms with Gasteiger partial charge in [-0.05, 0) is 49.7 Å². The van der Waals surface area contributed by atoms with Gasteiger partial charge in [-0.2, -0.15) is 12.7 Å². The van der Waals surface area contributed by atoms with Crippen LogP contribution in [-0.2, 0) is 26.7 Å². The lowest BCUT2D eigenvalue weighted by Crippen LogP contribution is -2.57. The van der Waals surface area contributed by atoms with Crippen LogP contribution in [0.1, 0.15) is 42.9 Å². The Morgan fingerprint density at radius 2 is 2.03 bits per heavy atom. The molecule has 4 rings (SSSR count). The standard InChI is InChI=1S/C20H32N4O5S2/c1-29-20-7-2-6-16-17(20)8-11-23-14-15-5-3-10-24(18(15)13-19(16)23)30(25,26)12-4-9-22-31(21,27)28/h2,6-7,15,18-19,22H,3-5,8-14H2,1H3,(H2,21,27,28)/t15-,18+,19-/m0/s1. The lowest BCUT2D eigenvalue weighted by molar-refractivity contribution is 0.0217. The van der Waals surface area contributed by atoms with Gasteiger partial charge in [0.15, 0.2) is 0 Å². The highest BCUT2D eigenvalue weighted by Gasteiger charge is 2.45. The third kappa shape index (κ3) is 4.91. The third-order valence-electron chi connectivity index (χ3n) is 6.88. The van der Waals surface area contributed by atoms with E-state index in [2.05, 4.69) is 15.7 Å². The molecule has 31 heavy (non-hydrogen) atoms. The van der Waals surface area contributed by atoms with Gasteiger partial charge < -0.3 is 4.74 Å². The number of nitrogens with zero attached hydrogens (tertiary/aromatic N) is 2. The molecule has 1 aromatic rings. The highest BCUT2D eigenvalue weighted by atomic mass is 32.2. The molecule has 3 aliphatic rings. The van der Waals surface area contributed by atoms with Crippen molar-refractivity contribution in [3.63, 3.8) is 0 Å². The molecule has 3 heterocycles. The Bertz CT molecular complexity index is 1010. The number of nitrogens with two attached hydrogens (primary N) is 1. The molecular weight excluding hydrogens is 440 g/mol. The minimum Gasteiger partial charge on any atom is -0.496 e. The van der Waals surface area contributed by atoms with Gasteiger partial charge in [0.2, 0.25) is 10.0 Å². The Morgan fingerprint density at radius 1 is 1.23 bits per heavy atom. The van der Waals surface area contributed by atoms with Crippen LogP contribution in [0.4, 0.5) is 0 Å². The average molecular weight is 473 g/mol. The maximum atomic E-state index is 13.2. The largest absolute Gasteiger partial charge is 0.496 e. The predicted molar refractivity (Wildman–Crippen MR) is 118 cm³/mol. The fraction of sp³-hybridized carbons (Fsp3) is 0.700. The molecule has 3 N–H and O–H groups in total. The highest BCUT2D eigenvalue weighted by Crippen LogP contribution is 2.45. The molecule has 2 saturated heterocycles. The molecule has 0 radical (unpaired) electrons. The number of methoxy groups -OCH3 is 1. The SMILES string of the molecule is COc1cccc2c1CCN1C[C@@H]3CCCN(S(=O)(=O)CCCNS(N)(=O)=O)[C@@H]3C[C@@H]21. The first-order valence-corrected chi connectivity index (χ1v) is 14.0. The van der Waals surface area contributed by atoms with Crippen LogP contribution in [0.2, 0.25) is 0 Å². The summed E-state index contributed by atoms with van der Waals surface area (Å²) in [6.45, 7) is 2.42. The van der Waals surface area contributed by atoms with Crippen molar-refractivity contribution < 1.29 is 21.6 Å². The number of benzene rings is 1. The summed E-state index contributed by atoms with van der Waals surface area (Å²) in [7, 11) is -5.60. The second-order valence-electron chi connectivity index (χ2n) is 8.71. The number of hydrogen-bond donors (Lipinski definition) is 2. The number of piperidine rings is 2. The van der Waals surface area contributed by atoms with E-state index < -0.39 is 20.2 Å². The summed E-state index contributed by atoms with van der Waals surface area (Å²) in [6, 6.07) is 6.33. The van der Waals surface area contributed by atoms with Crippen molar-refractivity contribution in [2.24, 2.45) is 11.1 Å². The summed E-state index contributed by atoms with van der Waals surface area (Å²) in [5.41, 5.74) is 2.49. The van der Waals surface area contributed by atoms with Gasteiger partial charge in [-0.3, -0.25) is 4.90 Å². The number of rotatable bonds is 7. The van der Waals surface area contributed by atoms with Crippen LogP contribution < -0.4 is 14.6 Å². The maximum Gasteiger partial charge on any atom is 0.274 e. The summed E-state index contributed by atoms with van der Waals surface area (Å²) in [4.78, 5) is 2.51. The topological polar surface area (TPSA) is 122 Å². The number of ether oxygens (including phenoxy) is 1. The van der Waals surface area contributed by atoms with Crippen LogP contribution in [0.3, 0.4) is 0 Å². The fourth-order valence-electron chi connectivity index (χ4n) is 5.54. The molecule has 3 aliphatic heterocycles. The van der Waals surface area contributed by atoms with E-state index in [-0.39, 0.29) is 30.8 Å². The van der Waals surface area contributed by atoms with Gasteiger partial charge in [0.1, 0.15) is 5.75 Å². The van der Waals surface area contributed by atoms with Crippen LogP contribution in [0.25, 0.3) is 0 Å². The van der Waals surface area contributed by atoms with Gasteiger partial charge in [0.05, 0.1) is 12.9 Å². The molecule has 1 aromatic carbocycles. The molecule has 9 nitrogen and oxygen atoms in total. The van der Waals surface area contributed by atoms with Gasteiger partial charge in [-0.1, -0.05) is 12.1 Å². The maximum absolute atomic E-state index is 13.2. The molecule has 0 aliphatic carbocycles. The van der Waals surface area contributed by atoms with Crippen molar-refractivity contribution in [1.82, 2.24) is 13.9 Å². The van der Waals surface area contributed by atoms with Crippen molar-refractivity contribution in [1.29, 1.82) is 0 Å². The van der Waals surface area contributed by atoms with E-state index >= 15 is 0 Å². The van der Waals surface area contributed by atoms with Gasteiger partial charge in [0.25, 0.3) is 10.2 Å². The van der Waals surface area contributed by atoms with Crippen LogP contribution in [0.15, 0.2) is 18.2 Å². The second kappa shape index (κ2) is 8.95. The molecule has 0 unspecified atom stereocenters. The summed E-state index contributed by atoms with van der Waals surface area (Å²) in [5, 5.41) is 4.93. The fourth-order valence-corrected chi connectivity index (χ4v) is 7.79. The first-order chi connectivity index (χ1) is 14.7. The smallest absolute Gasteiger partial charge is 0.274 e. The monoisotopic (exact) mass is 472 g/mol. The van der Waals surface area contributed by atoms with Gasteiger partial charge >= 0.3 is 0 Å². The van der Waals surface area contributed by atoms with Crippen LogP contribution in [0, 0.1) is 5.92 Å². The first-order valence-electron chi connectivity index (χ1n) is 10.9. The van der Waals surface area contributed by atoms with E-state index in [1.54, 1.807) is 11.4 Å². The molecule has 0 aromatic heterocycles. The molecular formula is C20H32N4O5S2. The van der Waals surface area contributed by atoms with Crippen molar-refractivity contribution in [2.75, 3.05) is 39.0 Å². The molecule has 0 bridgehead atoms. The third-order valence-corrected chi connectivity index (χ3v) is 9.46. The van der Waals surface area contributed by atoms with Gasteiger partial charge in [-0.25, -0.2) is 18.3 Å². The van der Waals surface area contributed by atoms with E-state index in [1.807, 2.05) is 12.1 Å². The Kier molecular flexibility index (Phi) is 6.62. The van der Waals surface area contributed by atoms with Crippen LogP contribution in [0.5, 0.6) is 5.75 Å². The lowest BCUT2D eigenvalue weighted by atomic mass is 9.77. The molecule has 174 valence electrons. The number of hydrogen-bond acceptors (Lipinski definition) is 6. The summed E-state index contributed by atoms with van der Waals surface area (Å²) in [6.07, 6.45) is 3.82. The number of fused-ring (bicyclic) bond motifs is 4. The predicted octanol–water partition coefficient (Wildman–Crippen LogP) is 0.592. The van der Waals surface area contributed by atoms with Crippen molar-refractivity contribution in [3.05, 3.63) is 29.3 Å². The van der Waals surface area contributed by atoms with E-state index in [9.17, 15) is 16.8 Å². The zero-order chi connectivity index (χ0) is 22.2. The highest BCUT2D eigenvalue weighted by molar-refractivity contribution is 7.89. The normalized spacial score (nSPS) is 27.2. The minimum absolute atomic E-state index is 0.0174. The van der Waals surface area contributed by atoms with E-state index in [1.165, 1.54) is 11.1 Å². The van der Waals surface area contributed by atoms with Gasteiger partial charge in [0, 0.05) is 43.8 Å². The van der Waals surface area contributed by atoms with Crippen molar-refractivity contribution in [3.8, 4) is 5.75 Å². The number of nitrogens with one attached hydrogen (secondary N) is 1. The Labute approximate surface area is 185 Å². The summed E-state index contributed by atoms with van der Waals surface area (Å²) in [5.74, 6) is 1.15. The second-order valence-corrected chi connectivity index (χ2v) is 12.1. The molecule has 0 saturated carbocycles. The Balaban J connectivity index is 1.51. The summed E-state index contributed by atoms with van der Waals surface area (Å²) < 4.78 is 57.8. The zero-order valence-electron chi connectivity index (χ0n) is 17.9. The lowest BCUT2D eigenvalue weighted by Gasteiger charge is -2.51. The minimum atomic E-state index is -3.81. The van der Waals surface area contributed by atoms with Crippen molar-refractivity contribution in [2.45, 2.75) is 44.2 Å². The molecule has 11 heteroatoms. The van der Waals surface area contributed by atoms with E-state index in [4.69, 9.17) is 9.88 Å².